The summed E-state index contributed by atoms with van der Waals surface area (Å²) in [4.78, 5) is 15.9. The van der Waals surface area contributed by atoms with Gasteiger partial charge >= 0.3 is 0 Å². The molecule has 1 aliphatic heterocycles. The number of sulfonamides is 1. The minimum Gasteiger partial charge on any atom is -0.396 e. The average molecular weight is 498 g/mol. The number of H-pyrrole nitrogens is 1. The minimum absolute atomic E-state index is 0.00179. The van der Waals surface area contributed by atoms with Crippen LogP contribution >= 0.6 is 11.6 Å². The number of hydrogen-bond acceptors (Lipinski definition) is 4. The van der Waals surface area contributed by atoms with E-state index in [1.54, 1.807) is 12.3 Å². The van der Waals surface area contributed by atoms with Gasteiger partial charge in [-0.05, 0) is 42.5 Å². The predicted molar refractivity (Wildman–Crippen MR) is 121 cm³/mol. The monoisotopic (exact) mass is 497 g/mol. The summed E-state index contributed by atoms with van der Waals surface area (Å²) in [5, 5.41) is 11.9. The Labute approximate surface area is 194 Å². The van der Waals surface area contributed by atoms with Crippen LogP contribution < -0.4 is 5.32 Å². The largest absolute Gasteiger partial charge is 0.396 e. The highest BCUT2D eigenvalue weighted by Crippen LogP contribution is 2.31. The third kappa shape index (κ3) is 4.48. The van der Waals surface area contributed by atoms with E-state index in [4.69, 9.17) is 11.6 Å². The second-order valence-electron chi connectivity index (χ2n) is 8.19. The van der Waals surface area contributed by atoms with Crippen molar-refractivity contribution in [2.24, 2.45) is 11.8 Å². The van der Waals surface area contributed by atoms with Crippen molar-refractivity contribution in [3.05, 3.63) is 58.7 Å². The number of carbonyl (C=O) groups excluding carboxylic acids is 1. The second kappa shape index (κ2) is 9.02. The maximum absolute atomic E-state index is 13.7. The average Bonchev–Trinajstić information content (AvgIpc) is 3.25. The molecule has 0 saturated carbocycles. The Bertz CT molecular complexity index is 1310. The fraction of sp³-hybridized carbons (Fsp3) is 0.318. The molecule has 2 heterocycles. The number of nitrogens with one attached hydrogen (secondary N) is 2. The molecular weight excluding hydrogens is 476 g/mol. The molecule has 1 aliphatic rings. The van der Waals surface area contributed by atoms with Crippen molar-refractivity contribution >= 4 is 44.1 Å². The molecule has 0 spiro atoms. The van der Waals surface area contributed by atoms with E-state index in [9.17, 15) is 27.1 Å². The van der Waals surface area contributed by atoms with Crippen molar-refractivity contribution in [2.45, 2.75) is 18.2 Å². The van der Waals surface area contributed by atoms with E-state index in [-0.39, 0.29) is 47.7 Å². The number of aliphatic hydroxyl groups is 1. The number of aromatic nitrogens is 1. The number of hydrogen-bond donors (Lipinski definition) is 3. The number of rotatable bonds is 5. The molecule has 1 aromatic heterocycles. The number of benzene rings is 2. The molecule has 2 atom stereocenters. The van der Waals surface area contributed by atoms with Gasteiger partial charge in [-0.2, -0.15) is 4.31 Å². The maximum atomic E-state index is 13.7. The van der Waals surface area contributed by atoms with Crippen molar-refractivity contribution in [2.75, 3.05) is 25.0 Å². The Hall–Kier alpha value is -2.53. The molecule has 1 saturated heterocycles. The first-order valence-corrected chi connectivity index (χ1v) is 12.1. The van der Waals surface area contributed by atoms with Crippen LogP contribution in [0.4, 0.5) is 14.5 Å². The lowest BCUT2D eigenvalue weighted by atomic mass is 9.89. The number of anilines is 1. The Balaban J connectivity index is 1.69. The number of amides is 1. The summed E-state index contributed by atoms with van der Waals surface area (Å²) < 4.78 is 55.2. The van der Waals surface area contributed by atoms with Gasteiger partial charge in [0, 0.05) is 48.5 Å². The number of piperidine rings is 1. The van der Waals surface area contributed by atoms with E-state index in [1.165, 1.54) is 16.4 Å². The molecule has 11 heteroatoms. The second-order valence-corrected chi connectivity index (χ2v) is 10.5. The topological polar surface area (TPSA) is 103 Å². The molecule has 176 valence electrons. The van der Waals surface area contributed by atoms with E-state index in [2.05, 4.69) is 10.3 Å². The first kappa shape index (κ1) is 23.6. The zero-order valence-corrected chi connectivity index (χ0v) is 19.2. The lowest BCUT2D eigenvalue weighted by Crippen LogP contribution is -2.43. The van der Waals surface area contributed by atoms with E-state index in [1.807, 2.05) is 6.92 Å². The third-order valence-electron chi connectivity index (χ3n) is 6.05. The number of fused-ring (bicyclic) bond motifs is 1. The molecule has 0 bridgehead atoms. The fourth-order valence-electron chi connectivity index (χ4n) is 4.10. The summed E-state index contributed by atoms with van der Waals surface area (Å²) in [6.45, 7) is 2.41. The van der Waals surface area contributed by atoms with Crippen LogP contribution in [0, 0.1) is 23.5 Å². The summed E-state index contributed by atoms with van der Waals surface area (Å²) in [5.41, 5.74) is 0.412. The lowest BCUT2D eigenvalue weighted by Gasteiger charge is -2.35. The van der Waals surface area contributed by atoms with Crippen LogP contribution in [0.25, 0.3) is 10.9 Å². The SMILES string of the molecule is CC1CN(S(=O)(=O)c2cc(C(=O)Nc3cc(F)c(F)c(Cl)c3)c3cc[nH]c3c2)CCC1CO. The molecule has 1 fully saturated rings. The van der Waals surface area contributed by atoms with Crippen LogP contribution in [0.2, 0.25) is 5.02 Å². The van der Waals surface area contributed by atoms with Gasteiger partial charge in [-0.3, -0.25) is 4.79 Å². The van der Waals surface area contributed by atoms with Gasteiger partial charge in [-0.25, -0.2) is 17.2 Å². The van der Waals surface area contributed by atoms with E-state index in [0.29, 0.717) is 17.3 Å². The van der Waals surface area contributed by atoms with Crippen LogP contribution in [0.15, 0.2) is 41.4 Å². The van der Waals surface area contributed by atoms with Gasteiger partial charge in [-0.1, -0.05) is 18.5 Å². The van der Waals surface area contributed by atoms with Gasteiger partial charge in [0.1, 0.15) is 0 Å². The number of halogens is 3. The highest BCUT2D eigenvalue weighted by molar-refractivity contribution is 7.89. The number of aromatic amines is 1. The number of nitrogens with zero attached hydrogens (tertiary/aromatic N) is 1. The molecule has 2 unspecified atom stereocenters. The summed E-state index contributed by atoms with van der Waals surface area (Å²) >= 11 is 5.66. The van der Waals surface area contributed by atoms with E-state index < -0.39 is 32.6 Å². The Kier molecular flexibility index (Phi) is 6.45. The molecule has 33 heavy (non-hydrogen) atoms. The van der Waals surface area contributed by atoms with Crippen molar-refractivity contribution in [3.63, 3.8) is 0 Å². The molecular formula is C22H22ClF2N3O4S. The molecule has 1 amide bonds. The standard InChI is InChI=1S/C22H22ClF2N3O4S/c1-12-10-28(5-3-13(12)11-29)33(31,32)15-8-17(16-2-4-26-20(16)9-15)22(30)27-14-6-18(23)21(25)19(24)7-14/h2,4,6-9,12-13,26,29H,3,5,10-11H2,1H3,(H,27,30). The van der Waals surface area contributed by atoms with Crippen LogP contribution in [0.1, 0.15) is 23.7 Å². The van der Waals surface area contributed by atoms with Crippen LogP contribution in [0.3, 0.4) is 0 Å². The van der Waals surface area contributed by atoms with Crippen LogP contribution in [-0.2, 0) is 10.0 Å². The summed E-state index contributed by atoms with van der Waals surface area (Å²) in [6, 6.07) is 6.21. The quantitative estimate of drug-likeness (QED) is 0.464. The number of aliphatic hydroxyl groups excluding tert-OH is 1. The predicted octanol–water partition coefficient (Wildman–Crippen LogP) is 3.99. The highest BCUT2D eigenvalue weighted by Gasteiger charge is 2.34. The molecule has 7 nitrogen and oxygen atoms in total. The molecule has 0 radical (unpaired) electrons. The van der Waals surface area contributed by atoms with Gasteiger partial charge in [0.05, 0.1) is 15.5 Å². The van der Waals surface area contributed by atoms with Crippen LogP contribution in [-0.4, -0.2) is 48.4 Å². The van der Waals surface area contributed by atoms with E-state index >= 15 is 0 Å². The van der Waals surface area contributed by atoms with Gasteiger partial charge < -0.3 is 15.4 Å². The fourth-order valence-corrected chi connectivity index (χ4v) is 5.91. The van der Waals surface area contributed by atoms with Gasteiger partial charge in [-0.15, -0.1) is 0 Å². The van der Waals surface area contributed by atoms with Gasteiger partial charge in [0.25, 0.3) is 5.91 Å². The highest BCUT2D eigenvalue weighted by atomic mass is 35.5. The van der Waals surface area contributed by atoms with E-state index in [0.717, 1.165) is 12.1 Å². The van der Waals surface area contributed by atoms with Crippen molar-refractivity contribution in [1.29, 1.82) is 0 Å². The third-order valence-corrected chi connectivity index (χ3v) is 8.16. The Morgan fingerprint density at radius 2 is 2.06 bits per heavy atom. The molecule has 3 aromatic rings. The lowest BCUT2D eigenvalue weighted by molar-refractivity contribution is 0.102. The molecule has 4 rings (SSSR count). The Morgan fingerprint density at radius 3 is 2.73 bits per heavy atom. The molecule has 0 aliphatic carbocycles. The first-order chi connectivity index (χ1) is 15.6. The smallest absolute Gasteiger partial charge is 0.256 e. The Morgan fingerprint density at radius 1 is 1.30 bits per heavy atom. The normalized spacial score (nSPS) is 19.7. The van der Waals surface area contributed by atoms with Crippen molar-refractivity contribution in [1.82, 2.24) is 9.29 Å². The summed E-state index contributed by atoms with van der Waals surface area (Å²) in [5.74, 6) is -3.14. The van der Waals surface area contributed by atoms with Crippen LogP contribution in [0.5, 0.6) is 0 Å². The maximum Gasteiger partial charge on any atom is 0.256 e. The van der Waals surface area contributed by atoms with Crippen molar-refractivity contribution in [3.8, 4) is 0 Å². The first-order valence-electron chi connectivity index (χ1n) is 10.3. The number of carbonyl (C=O) groups is 1. The summed E-state index contributed by atoms with van der Waals surface area (Å²) in [6.07, 6.45) is 2.10. The van der Waals surface area contributed by atoms with Crippen molar-refractivity contribution < 1.29 is 27.1 Å². The molecule has 3 N–H and O–H groups in total. The van der Waals surface area contributed by atoms with Gasteiger partial charge in [0.15, 0.2) is 11.6 Å². The zero-order chi connectivity index (χ0) is 23.9. The molecule has 2 aromatic carbocycles. The zero-order valence-electron chi connectivity index (χ0n) is 17.6. The minimum atomic E-state index is -3.92. The summed E-state index contributed by atoms with van der Waals surface area (Å²) in [7, 11) is -3.92. The van der Waals surface area contributed by atoms with Gasteiger partial charge in [0.2, 0.25) is 10.0 Å².